The predicted octanol–water partition coefficient (Wildman–Crippen LogP) is 3.11. The molecule has 1 atom stereocenters. The van der Waals surface area contributed by atoms with Crippen LogP contribution in [0.15, 0.2) is 50.0 Å². The lowest BCUT2D eigenvalue weighted by molar-refractivity contribution is 0.268. The molecule has 0 radical (unpaired) electrons. The van der Waals surface area contributed by atoms with Crippen molar-refractivity contribution in [3.8, 4) is 17.7 Å². The van der Waals surface area contributed by atoms with Gasteiger partial charge in [0.05, 0.1) is 18.6 Å². The van der Waals surface area contributed by atoms with E-state index in [0.29, 0.717) is 18.2 Å². The number of nitriles is 1. The van der Waals surface area contributed by atoms with Gasteiger partial charge in [0.1, 0.15) is 11.8 Å². The van der Waals surface area contributed by atoms with Crippen LogP contribution in [0.3, 0.4) is 0 Å². The molecule has 3 rings (SSSR count). The van der Waals surface area contributed by atoms with Crippen molar-refractivity contribution >= 4 is 5.88 Å². The second-order valence-corrected chi connectivity index (χ2v) is 5.16. The fraction of sp³-hybridized carbons (Fsp3) is 0.250. The molecule has 1 N–H and O–H groups in total. The van der Waals surface area contributed by atoms with Crippen LogP contribution in [0.4, 0.5) is 5.88 Å². The third-order valence-corrected chi connectivity index (χ3v) is 3.42. The molecule has 3 aromatic rings. The van der Waals surface area contributed by atoms with E-state index in [-0.39, 0.29) is 17.6 Å². The first kappa shape index (κ1) is 14.9. The van der Waals surface area contributed by atoms with Crippen LogP contribution in [-0.2, 0) is 0 Å². The van der Waals surface area contributed by atoms with Gasteiger partial charge >= 0.3 is 0 Å². The van der Waals surface area contributed by atoms with Crippen LogP contribution in [0.25, 0.3) is 11.7 Å². The van der Waals surface area contributed by atoms with Gasteiger partial charge in [0.25, 0.3) is 5.89 Å². The van der Waals surface area contributed by atoms with Crippen molar-refractivity contribution < 1.29 is 13.3 Å². The molecule has 3 heterocycles. The lowest BCUT2D eigenvalue weighted by Crippen LogP contribution is -2.26. The number of hydrogen-bond donors (Lipinski definition) is 1. The van der Waals surface area contributed by atoms with Gasteiger partial charge in [-0.25, -0.2) is 0 Å². The summed E-state index contributed by atoms with van der Waals surface area (Å²) in [5.74, 6) is 1.89. The van der Waals surface area contributed by atoms with Crippen LogP contribution in [0.5, 0.6) is 0 Å². The van der Waals surface area contributed by atoms with Crippen molar-refractivity contribution in [3.63, 3.8) is 0 Å². The molecule has 3 aromatic heterocycles. The van der Waals surface area contributed by atoms with Gasteiger partial charge in [-0.05, 0) is 38.4 Å². The first-order valence-electron chi connectivity index (χ1n) is 7.07. The maximum Gasteiger partial charge on any atom is 0.266 e. The Bertz CT molecular complexity index is 782. The standard InChI is InChI=1S/C16H16N4O3/c1-20(2)12(13-5-3-7-21-13)10-18-15-11(9-17)19-16(23-15)14-6-4-8-22-14/h3-8,12,18H,10H2,1-2H3. The molecule has 0 aliphatic carbocycles. The van der Waals surface area contributed by atoms with Crippen LogP contribution in [0.1, 0.15) is 17.5 Å². The third-order valence-electron chi connectivity index (χ3n) is 3.42. The molecule has 0 amide bonds. The fourth-order valence-electron chi connectivity index (χ4n) is 2.23. The van der Waals surface area contributed by atoms with Crippen molar-refractivity contribution in [1.82, 2.24) is 9.88 Å². The van der Waals surface area contributed by atoms with E-state index < -0.39 is 0 Å². The molecule has 1 unspecified atom stereocenters. The van der Waals surface area contributed by atoms with Gasteiger partial charge in [-0.3, -0.25) is 4.90 Å². The summed E-state index contributed by atoms with van der Waals surface area (Å²) in [7, 11) is 3.91. The summed E-state index contributed by atoms with van der Waals surface area (Å²) < 4.78 is 16.3. The minimum atomic E-state index is -0.00583. The van der Waals surface area contributed by atoms with Crippen molar-refractivity contribution in [2.75, 3.05) is 26.0 Å². The Hall–Kier alpha value is -2.98. The first-order chi connectivity index (χ1) is 11.2. The molecule has 0 fully saturated rings. The molecule has 23 heavy (non-hydrogen) atoms. The summed E-state index contributed by atoms with van der Waals surface area (Å²) >= 11 is 0. The maximum atomic E-state index is 9.22. The molecule has 7 nitrogen and oxygen atoms in total. The Labute approximate surface area is 133 Å². The van der Waals surface area contributed by atoms with Gasteiger partial charge in [0.15, 0.2) is 5.76 Å². The van der Waals surface area contributed by atoms with E-state index in [1.165, 1.54) is 6.26 Å². The Morgan fingerprint density at radius 3 is 2.65 bits per heavy atom. The molecular formula is C16H16N4O3. The van der Waals surface area contributed by atoms with Crippen LogP contribution in [-0.4, -0.2) is 30.5 Å². The van der Waals surface area contributed by atoms with Crippen molar-refractivity contribution in [1.29, 1.82) is 5.26 Å². The second-order valence-electron chi connectivity index (χ2n) is 5.16. The van der Waals surface area contributed by atoms with Crippen LogP contribution >= 0.6 is 0 Å². The lowest BCUT2D eigenvalue weighted by atomic mass is 10.2. The summed E-state index contributed by atoms with van der Waals surface area (Å²) in [5, 5.41) is 12.3. The highest BCUT2D eigenvalue weighted by Gasteiger charge is 2.20. The summed E-state index contributed by atoms with van der Waals surface area (Å²) in [6, 6.07) is 9.22. The van der Waals surface area contributed by atoms with Gasteiger partial charge in [0.2, 0.25) is 11.6 Å². The van der Waals surface area contributed by atoms with Crippen LogP contribution in [0, 0.1) is 11.3 Å². The smallest absolute Gasteiger partial charge is 0.266 e. The van der Waals surface area contributed by atoms with E-state index in [9.17, 15) is 5.26 Å². The molecule has 0 aliphatic heterocycles. The van der Waals surface area contributed by atoms with Crippen molar-refractivity contribution in [2.45, 2.75) is 6.04 Å². The number of aromatic nitrogens is 1. The molecule has 0 aliphatic rings. The highest BCUT2D eigenvalue weighted by atomic mass is 16.4. The largest absolute Gasteiger partial charge is 0.468 e. The minimum absolute atomic E-state index is 0.00583. The molecule has 118 valence electrons. The highest BCUT2D eigenvalue weighted by Crippen LogP contribution is 2.27. The summed E-state index contributed by atoms with van der Waals surface area (Å²) in [6.45, 7) is 0.502. The van der Waals surface area contributed by atoms with E-state index in [0.717, 1.165) is 5.76 Å². The minimum Gasteiger partial charge on any atom is -0.468 e. The van der Waals surface area contributed by atoms with Crippen LogP contribution in [0.2, 0.25) is 0 Å². The number of likely N-dealkylation sites (N-methyl/N-ethyl adjacent to an activating group) is 1. The van der Waals surface area contributed by atoms with Crippen LogP contribution < -0.4 is 5.32 Å². The molecular weight excluding hydrogens is 296 g/mol. The summed E-state index contributed by atoms with van der Waals surface area (Å²) in [4.78, 5) is 6.15. The highest BCUT2D eigenvalue weighted by molar-refractivity contribution is 5.54. The maximum absolute atomic E-state index is 9.22. The van der Waals surface area contributed by atoms with Crippen molar-refractivity contribution in [3.05, 3.63) is 48.2 Å². The van der Waals surface area contributed by atoms with Gasteiger partial charge in [-0.15, -0.1) is 0 Å². The number of nitrogens with one attached hydrogen (secondary N) is 1. The Kier molecular flexibility index (Phi) is 4.17. The Balaban J connectivity index is 1.78. The number of rotatable bonds is 6. The lowest BCUT2D eigenvalue weighted by Gasteiger charge is -2.22. The molecule has 0 saturated carbocycles. The van der Waals surface area contributed by atoms with E-state index in [4.69, 9.17) is 13.3 Å². The topological polar surface area (TPSA) is 91.4 Å². The number of oxazole rings is 1. The zero-order chi connectivity index (χ0) is 16.2. The molecule has 0 aromatic carbocycles. The van der Waals surface area contributed by atoms with E-state index in [1.54, 1.807) is 18.4 Å². The molecule has 7 heteroatoms. The number of furan rings is 2. The normalized spacial score (nSPS) is 12.3. The average Bonchev–Trinajstić information content (AvgIpc) is 3.28. The molecule has 0 bridgehead atoms. The zero-order valence-electron chi connectivity index (χ0n) is 12.8. The zero-order valence-corrected chi connectivity index (χ0v) is 12.8. The average molecular weight is 312 g/mol. The SMILES string of the molecule is CN(C)C(CNc1oc(-c2ccco2)nc1C#N)c1ccco1. The predicted molar refractivity (Wildman–Crippen MR) is 82.5 cm³/mol. The third kappa shape index (κ3) is 3.12. The first-order valence-corrected chi connectivity index (χ1v) is 7.07. The monoisotopic (exact) mass is 312 g/mol. The van der Waals surface area contributed by atoms with Gasteiger partial charge in [0, 0.05) is 6.54 Å². The Morgan fingerprint density at radius 1 is 1.26 bits per heavy atom. The van der Waals surface area contributed by atoms with E-state index in [1.807, 2.05) is 37.2 Å². The quantitative estimate of drug-likeness (QED) is 0.747. The number of nitrogens with zero attached hydrogens (tertiary/aromatic N) is 3. The Morgan fingerprint density at radius 2 is 2.04 bits per heavy atom. The van der Waals surface area contributed by atoms with Gasteiger partial charge in [-0.2, -0.15) is 10.2 Å². The summed E-state index contributed by atoms with van der Waals surface area (Å²) in [5.41, 5.74) is 0.188. The van der Waals surface area contributed by atoms with E-state index in [2.05, 4.69) is 10.3 Å². The summed E-state index contributed by atoms with van der Waals surface area (Å²) in [6.07, 6.45) is 3.16. The fourth-order valence-corrected chi connectivity index (χ4v) is 2.23. The molecule has 0 saturated heterocycles. The van der Waals surface area contributed by atoms with Gasteiger partial charge < -0.3 is 18.6 Å². The van der Waals surface area contributed by atoms with Crippen molar-refractivity contribution in [2.24, 2.45) is 0 Å². The van der Waals surface area contributed by atoms with Gasteiger partial charge in [-0.1, -0.05) is 0 Å². The second kappa shape index (κ2) is 6.42. The number of hydrogen-bond acceptors (Lipinski definition) is 7. The molecule has 0 spiro atoms. The van der Waals surface area contributed by atoms with E-state index >= 15 is 0 Å². The number of anilines is 1.